The van der Waals surface area contributed by atoms with Crippen molar-refractivity contribution in [3.63, 3.8) is 0 Å². The first-order chi connectivity index (χ1) is 17.0. The Hall–Kier alpha value is -4.35. The molecule has 0 fully saturated rings. The second kappa shape index (κ2) is 9.72. The van der Waals surface area contributed by atoms with Gasteiger partial charge in [0, 0.05) is 11.6 Å². The minimum Gasteiger partial charge on any atom is -0.439 e. The smallest absolute Gasteiger partial charge is 0.419 e. The Bertz CT molecular complexity index is 1400. The minimum absolute atomic E-state index is 0.0135. The van der Waals surface area contributed by atoms with Crippen molar-refractivity contribution in [2.45, 2.75) is 12.4 Å². The number of hydrogen-bond donors (Lipinski definition) is 0. The Kier molecular flexibility index (Phi) is 6.69. The zero-order valence-electron chi connectivity index (χ0n) is 17.8. The van der Waals surface area contributed by atoms with E-state index in [2.05, 4.69) is 20.2 Å². The fourth-order valence-corrected chi connectivity index (χ4v) is 3.10. The van der Waals surface area contributed by atoms with E-state index in [9.17, 15) is 30.7 Å². The molecule has 0 aliphatic rings. The molecule has 0 bridgehead atoms. The SMILES string of the molecule is Fc1ccc(Oc2cc(N=Nc3ccccc3-c3ccc(C(F)(F)F)cc3)ncn2)cc1C(F)(F)F. The van der Waals surface area contributed by atoms with Gasteiger partial charge in [0.15, 0.2) is 5.82 Å². The van der Waals surface area contributed by atoms with Crippen LogP contribution in [0.15, 0.2) is 89.4 Å². The van der Waals surface area contributed by atoms with Gasteiger partial charge in [-0.25, -0.2) is 14.4 Å². The highest BCUT2D eigenvalue weighted by Crippen LogP contribution is 2.36. The van der Waals surface area contributed by atoms with Crippen LogP contribution in [0.1, 0.15) is 11.1 Å². The third-order valence-corrected chi connectivity index (χ3v) is 4.78. The van der Waals surface area contributed by atoms with Crippen molar-refractivity contribution in [3.05, 3.63) is 96.1 Å². The molecule has 0 N–H and O–H groups in total. The molecule has 36 heavy (non-hydrogen) atoms. The van der Waals surface area contributed by atoms with E-state index in [1.54, 1.807) is 24.3 Å². The molecule has 4 rings (SSSR count). The number of rotatable bonds is 5. The van der Waals surface area contributed by atoms with Crippen LogP contribution < -0.4 is 4.74 Å². The van der Waals surface area contributed by atoms with Crippen molar-refractivity contribution in [2.75, 3.05) is 0 Å². The molecule has 0 amide bonds. The van der Waals surface area contributed by atoms with Gasteiger partial charge >= 0.3 is 12.4 Å². The molecule has 4 aromatic rings. The zero-order chi connectivity index (χ0) is 25.9. The van der Waals surface area contributed by atoms with E-state index in [-0.39, 0.29) is 17.4 Å². The fraction of sp³-hybridized carbons (Fsp3) is 0.0833. The highest BCUT2D eigenvalue weighted by atomic mass is 19.4. The topological polar surface area (TPSA) is 59.7 Å². The number of halogens is 7. The van der Waals surface area contributed by atoms with Gasteiger partial charge in [-0.05, 0) is 42.0 Å². The maximum absolute atomic E-state index is 13.5. The summed E-state index contributed by atoms with van der Waals surface area (Å²) in [7, 11) is 0. The maximum atomic E-state index is 13.5. The third kappa shape index (κ3) is 5.82. The van der Waals surface area contributed by atoms with Gasteiger partial charge in [0.05, 0.1) is 16.8 Å². The number of azo groups is 1. The van der Waals surface area contributed by atoms with Crippen molar-refractivity contribution < 1.29 is 35.5 Å². The van der Waals surface area contributed by atoms with Crippen LogP contribution in [0.3, 0.4) is 0 Å². The Morgan fingerprint density at radius 2 is 1.44 bits per heavy atom. The van der Waals surface area contributed by atoms with Crippen LogP contribution >= 0.6 is 0 Å². The monoisotopic (exact) mass is 506 g/mol. The summed E-state index contributed by atoms with van der Waals surface area (Å²) in [5, 5.41) is 8.06. The Balaban J connectivity index is 1.56. The van der Waals surface area contributed by atoms with Gasteiger partial charge < -0.3 is 4.74 Å². The molecule has 0 unspecified atom stereocenters. The van der Waals surface area contributed by atoms with Gasteiger partial charge in [0.1, 0.15) is 17.9 Å². The van der Waals surface area contributed by atoms with Crippen molar-refractivity contribution in [1.29, 1.82) is 0 Å². The Morgan fingerprint density at radius 3 is 2.14 bits per heavy atom. The molecule has 0 saturated carbocycles. The molecule has 0 radical (unpaired) electrons. The molecule has 0 aliphatic heterocycles. The van der Waals surface area contributed by atoms with Crippen molar-refractivity contribution in [2.24, 2.45) is 10.2 Å². The van der Waals surface area contributed by atoms with Gasteiger partial charge in [-0.3, -0.25) is 0 Å². The lowest BCUT2D eigenvalue weighted by Gasteiger charge is -2.10. The van der Waals surface area contributed by atoms with Gasteiger partial charge in [0.2, 0.25) is 5.88 Å². The standard InChI is InChI=1S/C24H13F7N4O/c25-19-10-9-16(11-18(19)24(29,30)31)36-22-12-21(32-13-33-22)35-34-20-4-2-1-3-17(20)14-5-7-15(8-6-14)23(26,27)28/h1-13H. The zero-order valence-corrected chi connectivity index (χ0v) is 17.8. The predicted molar refractivity (Wildman–Crippen MR) is 115 cm³/mol. The summed E-state index contributed by atoms with van der Waals surface area (Å²) in [6.07, 6.45) is -8.33. The molecule has 0 aliphatic carbocycles. The molecule has 1 heterocycles. The van der Waals surface area contributed by atoms with E-state index in [1.807, 2.05) is 0 Å². The van der Waals surface area contributed by atoms with E-state index in [0.29, 0.717) is 28.9 Å². The van der Waals surface area contributed by atoms with Gasteiger partial charge in [-0.15, -0.1) is 10.2 Å². The number of benzene rings is 3. The van der Waals surface area contributed by atoms with Gasteiger partial charge in [-0.1, -0.05) is 30.3 Å². The molecule has 0 spiro atoms. The van der Waals surface area contributed by atoms with Crippen LogP contribution in [0, 0.1) is 5.82 Å². The minimum atomic E-state index is -4.91. The first kappa shape index (κ1) is 24.8. The highest BCUT2D eigenvalue weighted by molar-refractivity contribution is 5.75. The number of nitrogens with zero attached hydrogens (tertiary/aromatic N) is 4. The van der Waals surface area contributed by atoms with E-state index in [1.165, 1.54) is 18.2 Å². The Labute approximate surface area is 198 Å². The highest BCUT2D eigenvalue weighted by Gasteiger charge is 2.34. The van der Waals surface area contributed by atoms with Gasteiger partial charge in [0.25, 0.3) is 0 Å². The van der Waals surface area contributed by atoms with Crippen LogP contribution in [0.5, 0.6) is 11.6 Å². The molecule has 0 saturated heterocycles. The van der Waals surface area contributed by atoms with Crippen molar-refractivity contribution in [3.8, 4) is 22.8 Å². The number of alkyl halides is 6. The normalized spacial score (nSPS) is 12.2. The summed E-state index contributed by atoms with van der Waals surface area (Å²) in [4.78, 5) is 7.69. The first-order valence-electron chi connectivity index (χ1n) is 10.1. The quantitative estimate of drug-likeness (QED) is 0.201. The summed E-state index contributed by atoms with van der Waals surface area (Å²) in [5.41, 5.74) is -0.976. The lowest BCUT2D eigenvalue weighted by molar-refractivity contribution is -0.140. The molecule has 3 aromatic carbocycles. The van der Waals surface area contributed by atoms with Crippen molar-refractivity contribution in [1.82, 2.24) is 9.97 Å². The molecule has 5 nitrogen and oxygen atoms in total. The van der Waals surface area contributed by atoms with Crippen LogP contribution in [-0.4, -0.2) is 9.97 Å². The molecule has 184 valence electrons. The van der Waals surface area contributed by atoms with E-state index in [4.69, 9.17) is 4.74 Å². The fourth-order valence-electron chi connectivity index (χ4n) is 3.10. The molecule has 0 atom stereocenters. The third-order valence-electron chi connectivity index (χ3n) is 4.78. The number of ether oxygens (including phenoxy) is 1. The van der Waals surface area contributed by atoms with Crippen LogP contribution in [-0.2, 0) is 12.4 Å². The van der Waals surface area contributed by atoms with Crippen molar-refractivity contribution >= 4 is 11.5 Å². The number of hydrogen-bond acceptors (Lipinski definition) is 5. The van der Waals surface area contributed by atoms with Gasteiger partial charge in [-0.2, -0.15) is 26.3 Å². The predicted octanol–water partition coefficient (Wildman–Crippen LogP) is 8.53. The molecular formula is C24H13F7N4O. The second-order valence-corrected chi connectivity index (χ2v) is 7.25. The summed E-state index contributed by atoms with van der Waals surface area (Å²) in [6.45, 7) is 0. The maximum Gasteiger partial charge on any atom is 0.419 e. The van der Waals surface area contributed by atoms with E-state index in [0.717, 1.165) is 24.5 Å². The Morgan fingerprint density at radius 1 is 0.722 bits per heavy atom. The van der Waals surface area contributed by atoms with E-state index < -0.39 is 29.3 Å². The molecule has 1 aromatic heterocycles. The average molecular weight is 506 g/mol. The number of aromatic nitrogens is 2. The molecular weight excluding hydrogens is 493 g/mol. The summed E-state index contributed by atoms with van der Waals surface area (Å²) >= 11 is 0. The second-order valence-electron chi connectivity index (χ2n) is 7.25. The average Bonchev–Trinajstić information content (AvgIpc) is 2.83. The van der Waals surface area contributed by atoms with E-state index >= 15 is 0 Å². The summed E-state index contributed by atoms with van der Waals surface area (Å²) in [6, 6.07) is 14.4. The molecule has 12 heteroatoms. The van der Waals surface area contributed by atoms with Crippen LogP contribution in [0.2, 0.25) is 0 Å². The summed E-state index contributed by atoms with van der Waals surface area (Å²) < 4.78 is 96.1. The largest absolute Gasteiger partial charge is 0.439 e. The lowest BCUT2D eigenvalue weighted by atomic mass is 10.0. The summed E-state index contributed by atoms with van der Waals surface area (Å²) in [5.74, 6) is -1.94. The van der Waals surface area contributed by atoms with Crippen LogP contribution in [0.25, 0.3) is 11.1 Å². The van der Waals surface area contributed by atoms with Crippen LogP contribution in [0.4, 0.5) is 42.2 Å². The first-order valence-corrected chi connectivity index (χ1v) is 10.1. The lowest BCUT2D eigenvalue weighted by Crippen LogP contribution is -2.08.